The van der Waals surface area contributed by atoms with Crippen molar-refractivity contribution in [2.45, 2.75) is 32.1 Å². The van der Waals surface area contributed by atoms with Crippen molar-refractivity contribution >= 4 is 5.78 Å². The van der Waals surface area contributed by atoms with Crippen LogP contribution in [-0.4, -0.2) is 18.1 Å². The zero-order valence-corrected chi connectivity index (χ0v) is 8.32. The third-order valence-electron chi connectivity index (χ3n) is 2.90. The minimum absolute atomic E-state index is 0.143. The van der Waals surface area contributed by atoms with Crippen molar-refractivity contribution in [3.63, 3.8) is 0 Å². The van der Waals surface area contributed by atoms with Crippen LogP contribution in [-0.2, 0) is 4.79 Å². The van der Waals surface area contributed by atoms with E-state index in [1.165, 1.54) is 0 Å². The number of rotatable bonds is 0. The first-order valence-corrected chi connectivity index (χ1v) is 4.71. The van der Waals surface area contributed by atoms with Crippen molar-refractivity contribution in [2.24, 2.45) is 17.8 Å². The Hall–Kier alpha value is -0.750. The van der Waals surface area contributed by atoms with Gasteiger partial charge in [-0.2, -0.15) is 26.3 Å². The summed E-state index contributed by atoms with van der Waals surface area (Å²) in [5.74, 6) is -8.03. The van der Waals surface area contributed by atoms with Crippen molar-refractivity contribution in [3.8, 4) is 0 Å². The maximum atomic E-state index is 12.5. The molecule has 0 spiro atoms. The van der Waals surface area contributed by atoms with Crippen LogP contribution in [0.25, 0.3) is 0 Å². The van der Waals surface area contributed by atoms with Crippen LogP contribution >= 0.6 is 0 Å². The molecule has 0 N–H and O–H groups in total. The van der Waals surface area contributed by atoms with Crippen LogP contribution in [0.3, 0.4) is 0 Å². The summed E-state index contributed by atoms with van der Waals surface area (Å²) in [5.41, 5.74) is 0. The molecule has 0 amide bonds. The smallest absolute Gasteiger partial charge is 0.299 e. The molecule has 1 nitrogen and oxygen atoms in total. The highest BCUT2D eigenvalue weighted by Gasteiger charge is 2.61. The van der Waals surface area contributed by atoms with Gasteiger partial charge in [-0.15, -0.1) is 0 Å². The Morgan fingerprint density at radius 3 is 1.88 bits per heavy atom. The highest BCUT2D eigenvalue weighted by Crippen LogP contribution is 2.49. The highest BCUT2D eigenvalue weighted by molar-refractivity contribution is 5.83. The Labute approximate surface area is 87.8 Å². The molecular weight excluding hydrogens is 238 g/mol. The molecule has 0 aliphatic heterocycles. The molecule has 94 valence electrons. The summed E-state index contributed by atoms with van der Waals surface area (Å²) in [6.07, 6.45) is -10.7. The molecule has 0 heterocycles. The summed E-state index contributed by atoms with van der Waals surface area (Å²) < 4.78 is 74.8. The fourth-order valence-electron chi connectivity index (χ4n) is 2.13. The summed E-state index contributed by atoms with van der Waals surface area (Å²) in [4.78, 5) is 11.0. The van der Waals surface area contributed by atoms with Gasteiger partial charge >= 0.3 is 12.4 Å². The van der Waals surface area contributed by atoms with Crippen LogP contribution in [0.2, 0.25) is 0 Å². The van der Waals surface area contributed by atoms with Crippen LogP contribution in [0.1, 0.15) is 19.8 Å². The van der Waals surface area contributed by atoms with E-state index in [1.54, 1.807) is 0 Å². The van der Waals surface area contributed by atoms with Gasteiger partial charge < -0.3 is 0 Å². The number of carbonyl (C=O) groups excluding carboxylic acids is 1. The van der Waals surface area contributed by atoms with Gasteiger partial charge in [0.05, 0.1) is 5.92 Å². The van der Waals surface area contributed by atoms with Crippen molar-refractivity contribution in [1.29, 1.82) is 0 Å². The van der Waals surface area contributed by atoms with Gasteiger partial charge in [0.1, 0.15) is 11.7 Å². The van der Waals surface area contributed by atoms with Gasteiger partial charge in [-0.25, -0.2) is 0 Å². The van der Waals surface area contributed by atoms with Gasteiger partial charge in [0.15, 0.2) is 0 Å². The van der Waals surface area contributed by atoms with Gasteiger partial charge in [0, 0.05) is 6.42 Å². The summed E-state index contributed by atoms with van der Waals surface area (Å²) in [7, 11) is 0. The SMILES string of the molecule is CC1CCC(=O)C(C(F)(F)F)C1C(F)(F)F. The van der Waals surface area contributed by atoms with E-state index >= 15 is 0 Å². The van der Waals surface area contributed by atoms with Crippen molar-refractivity contribution in [3.05, 3.63) is 0 Å². The summed E-state index contributed by atoms with van der Waals surface area (Å²) in [6, 6.07) is 0. The number of carbonyl (C=O) groups is 1. The third-order valence-corrected chi connectivity index (χ3v) is 2.90. The van der Waals surface area contributed by atoms with Crippen LogP contribution in [0.4, 0.5) is 26.3 Å². The lowest BCUT2D eigenvalue weighted by molar-refractivity contribution is -0.263. The maximum absolute atomic E-state index is 12.5. The molecule has 1 rings (SSSR count). The van der Waals surface area contributed by atoms with Crippen molar-refractivity contribution in [2.75, 3.05) is 0 Å². The lowest BCUT2D eigenvalue weighted by Gasteiger charge is -2.37. The largest absolute Gasteiger partial charge is 0.399 e. The van der Waals surface area contributed by atoms with Gasteiger partial charge in [-0.05, 0) is 12.3 Å². The number of alkyl halides is 6. The van der Waals surface area contributed by atoms with Gasteiger partial charge in [-0.3, -0.25) is 4.79 Å². The zero-order chi connectivity index (χ0) is 12.7. The summed E-state index contributed by atoms with van der Waals surface area (Å²) in [5, 5.41) is 0. The first-order valence-electron chi connectivity index (χ1n) is 4.71. The number of ketones is 1. The molecule has 3 atom stereocenters. The first kappa shape index (κ1) is 13.3. The minimum Gasteiger partial charge on any atom is -0.299 e. The number of Topliss-reactive ketones (excluding diaryl/α,β-unsaturated/α-hetero) is 1. The maximum Gasteiger partial charge on any atom is 0.399 e. The molecular formula is C9H10F6O. The fourth-order valence-corrected chi connectivity index (χ4v) is 2.13. The molecule has 0 saturated heterocycles. The predicted octanol–water partition coefficient (Wildman–Crippen LogP) is 3.34. The van der Waals surface area contributed by atoms with Crippen LogP contribution in [0.5, 0.6) is 0 Å². The standard InChI is InChI=1S/C9H10F6O/c1-4-2-3-5(16)7(9(13,14)15)6(4)8(10,11)12/h4,6-7H,2-3H2,1H3. The van der Waals surface area contributed by atoms with Gasteiger partial charge in [0.25, 0.3) is 0 Å². The van der Waals surface area contributed by atoms with E-state index in [0.717, 1.165) is 6.92 Å². The average molecular weight is 248 g/mol. The summed E-state index contributed by atoms with van der Waals surface area (Å²) in [6.45, 7) is 1.10. The number of hydrogen-bond acceptors (Lipinski definition) is 1. The van der Waals surface area contributed by atoms with Crippen LogP contribution in [0.15, 0.2) is 0 Å². The van der Waals surface area contributed by atoms with E-state index < -0.39 is 42.3 Å². The first-order chi connectivity index (χ1) is 7.05. The Morgan fingerprint density at radius 1 is 1.06 bits per heavy atom. The lowest BCUT2D eigenvalue weighted by atomic mass is 9.71. The van der Waals surface area contributed by atoms with Crippen LogP contribution < -0.4 is 0 Å². The van der Waals surface area contributed by atoms with E-state index in [9.17, 15) is 31.1 Å². The molecule has 0 bridgehead atoms. The molecule has 1 aliphatic carbocycles. The third kappa shape index (κ3) is 2.49. The van der Waals surface area contributed by atoms with Crippen LogP contribution in [0, 0.1) is 17.8 Å². The Kier molecular flexibility index (Phi) is 3.27. The zero-order valence-electron chi connectivity index (χ0n) is 8.32. The molecule has 7 heteroatoms. The van der Waals surface area contributed by atoms with Gasteiger partial charge in [0.2, 0.25) is 0 Å². The van der Waals surface area contributed by atoms with E-state index in [1.807, 2.05) is 0 Å². The number of hydrogen-bond donors (Lipinski definition) is 0. The number of halogens is 6. The molecule has 1 aliphatic rings. The van der Waals surface area contributed by atoms with E-state index in [-0.39, 0.29) is 6.42 Å². The summed E-state index contributed by atoms with van der Waals surface area (Å²) >= 11 is 0. The molecule has 1 fully saturated rings. The minimum atomic E-state index is -5.12. The second kappa shape index (κ2) is 3.92. The lowest BCUT2D eigenvalue weighted by Crippen LogP contribution is -2.49. The van der Waals surface area contributed by atoms with Crippen molar-refractivity contribution < 1.29 is 31.1 Å². The normalized spacial score (nSPS) is 32.9. The second-order valence-electron chi connectivity index (χ2n) is 4.07. The molecule has 3 unspecified atom stereocenters. The molecule has 16 heavy (non-hydrogen) atoms. The Balaban J connectivity index is 3.10. The fraction of sp³-hybridized carbons (Fsp3) is 0.889. The van der Waals surface area contributed by atoms with E-state index in [4.69, 9.17) is 0 Å². The average Bonchev–Trinajstić information content (AvgIpc) is 2.04. The topological polar surface area (TPSA) is 17.1 Å². The highest BCUT2D eigenvalue weighted by atomic mass is 19.4. The van der Waals surface area contributed by atoms with E-state index in [0.29, 0.717) is 0 Å². The quantitative estimate of drug-likeness (QED) is 0.601. The second-order valence-corrected chi connectivity index (χ2v) is 4.07. The molecule has 0 aromatic heterocycles. The van der Waals surface area contributed by atoms with Crippen molar-refractivity contribution in [1.82, 2.24) is 0 Å². The Morgan fingerprint density at radius 2 is 1.56 bits per heavy atom. The Bertz CT molecular complexity index is 279. The van der Waals surface area contributed by atoms with E-state index in [2.05, 4.69) is 0 Å². The molecule has 0 radical (unpaired) electrons. The predicted molar refractivity (Wildman–Crippen MR) is 42.5 cm³/mol. The van der Waals surface area contributed by atoms with Gasteiger partial charge in [-0.1, -0.05) is 6.92 Å². The molecule has 1 saturated carbocycles. The molecule has 0 aromatic rings. The molecule has 0 aromatic carbocycles. The monoisotopic (exact) mass is 248 g/mol.